The summed E-state index contributed by atoms with van der Waals surface area (Å²) in [5.74, 6) is 0.783. The molecule has 2 fully saturated rings. The summed E-state index contributed by atoms with van der Waals surface area (Å²) in [6.07, 6.45) is 1.67. The molecule has 1 aromatic rings. The van der Waals surface area contributed by atoms with Crippen molar-refractivity contribution in [3.05, 3.63) is 30.4 Å². The van der Waals surface area contributed by atoms with Gasteiger partial charge in [-0.2, -0.15) is 4.99 Å². The largest absolute Gasteiger partial charge is 0.493 e. The number of carbonyl (C=O) groups is 1. The van der Waals surface area contributed by atoms with Gasteiger partial charge in [0, 0.05) is 17.4 Å². The molecule has 0 aliphatic carbocycles. The van der Waals surface area contributed by atoms with E-state index in [0.717, 1.165) is 0 Å². The highest BCUT2D eigenvalue weighted by Gasteiger charge is 2.48. The summed E-state index contributed by atoms with van der Waals surface area (Å²) in [6, 6.07) is 2.88. The van der Waals surface area contributed by atoms with Crippen molar-refractivity contribution in [2.24, 2.45) is 4.99 Å². The van der Waals surface area contributed by atoms with Gasteiger partial charge in [0.2, 0.25) is 5.75 Å². The Kier molecular flexibility index (Phi) is 5.90. The summed E-state index contributed by atoms with van der Waals surface area (Å²) in [4.78, 5) is 18.9. The lowest BCUT2D eigenvalue weighted by Crippen LogP contribution is -2.37. The molecule has 2 atom stereocenters. The third-order valence-corrected chi connectivity index (χ3v) is 7.86. The summed E-state index contributed by atoms with van der Waals surface area (Å²) in [5, 5.41) is 0.375. The quantitative estimate of drug-likeness (QED) is 0.633. The Bertz CT molecular complexity index is 903. The minimum Gasteiger partial charge on any atom is -0.493 e. The molecular weight excluding hydrogens is 404 g/mol. The molecule has 1 amide bonds. The smallest absolute Gasteiger partial charge is 0.279 e. The molecule has 2 heterocycles. The molecule has 0 radical (unpaired) electrons. The third-order valence-electron chi connectivity index (χ3n) is 4.61. The van der Waals surface area contributed by atoms with Gasteiger partial charge in [0.1, 0.15) is 0 Å². The Labute approximate surface area is 168 Å². The van der Waals surface area contributed by atoms with Crippen LogP contribution in [0.2, 0.25) is 0 Å². The molecule has 0 bridgehead atoms. The Morgan fingerprint density at radius 1 is 1.25 bits per heavy atom. The topological polar surface area (TPSA) is 94.5 Å². The second-order valence-corrected chi connectivity index (χ2v) is 9.72. The first-order valence-corrected chi connectivity index (χ1v) is 11.2. The third kappa shape index (κ3) is 3.83. The van der Waals surface area contributed by atoms with Crippen LogP contribution in [0.4, 0.5) is 0 Å². The molecule has 0 unspecified atom stereocenters. The number of thioether (sulfide) groups is 1. The van der Waals surface area contributed by atoms with Gasteiger partial charge in [0.05, 0.1) is 38.9 Å². The van der Waals surface area contributed by atoms with Gasteiger partial charge in [-0.3, -0.25) is 4.79 Å². The molecule has 2 aliphatic rings. The van der Waals surface area contributed by atoms with Gasteiger partial charge in [-0.1, -0.05) is 17.8 Å². The number of hydrogen-bond acceptors (Lipinski definition) is 7. The van der Waals surface area contributed by atoms with Crippen LogP contribution >= 0.6 is 11.8 Å². The lowest BCUT2D eigenvalue weighted by Gasteiger charge is -2.22. The molecule has 28 heavy (non-hydrogen) atoms. The van der Waals surface area contributed by atoms with Crippen LogP contribution in [0.15, 0.2) is 29.8 Å². The number of amides is 1. The number of amidine groups is 1. The van der Waals surface area contributed by atoms with Gasteiger partial charge < -0.3 is 19.1 Å². The normalized spacial score (nSPS) is 24.1. The molecule has 152 valence electrons. The van der Waals surface area contributed by atoms with E-state index in [1.165, 1.54) is 45.2 Å². The van der Waals surface area contributed by atoms with Crippen LogP contribution < -0.4 is 14.2 Å². The summed E-state index contributed by atoms with van der Waals surface area (Å²) in [7, 11) is 1.35. The van der Waals surface area contributed by atoms with E-state index < -0.39 is 15.7 Å². The van der Waals surface area contributed by atoms with Crippen LogP contribution in [0.5, 0.6) is 17.2 Å². The van der Waals surface area contributed by atoms with Crippen molar-refractivity contribution in [3.8, 4) is 17.2 Å². The van der Waals surface area contributed by atoms with E-state index in [9.17, 15) is 13.2 Å². The molecule has 0 saturated carbocycles. The van der Waals surface area contributed by atoms with E-state index in [-0.39, 0.29) is 28.4 Å². The lowest BCUT2D eigenvalue weighted by atomic mass is 10.1. The highest BCUT2D eigenvalue weighted by atomic mass is 32.2. The molecule has 0 spiro atoms. The van der Waals surface area contributed by atoms with Crippen LogP contribution in [0.3, 0.4) is 0 Å². The maximum absolute atomic E-state index is 12.8. The number of ether oxygens (including phenoxy) is 3. The summed E-state index contributed by atoms with van der Waals surface area (Å²) in [6.45, 7) is 4.15. The van der Waals surface area contributed by atoms with E-state index in [1.807, 2.05) is 4.90 Å². The zero-order valence-electron chi connectivity index (χ0n) is 15.9. The first-order chi connectivity index (χ1) is 13.3. The van der Waals surface area contributed by atoms with Gasteiger partial charge in [0.25, 0.3) is 5.91 Å². The van der Waals surface area contributed by atoms with Gasteiger partial charge in [-0.25, -0.2) is 8.42 Å². The fraction of sp³-hybridized carbons (Fsp3) is 0.444. The Morgan fingerprint density at radius 2 is 1.89 bits per heavy atom. The lowest BCUT2D eigenvalue weighted by molar-refractivity contribution is 0.100. The van der Waals surface area contributed by atoms with Gasteiger partial charge in [0.15, 0.2) is 26.5 Å². The van der Waals surface area contributed by atoms with Crippen LogP contribution in [-0.4, -0.2) is 75.1 Å². The SMILES string of the molecule is C=CCN1C(=NC(=O)c2cc(OC)c(OC)c(OC)c2)S[C@H]2CS(=O)(=O)C[C@@H]21. The highest BCUT2D eigenvalue weighted by Crippen LogP contribution is 2.40. The van der Waals surface area contributed by atoms with Crippen molar-refractivity contribution in [1.82, 2.24) is 4.90 Å². The monoisotopic (exact) mass is 426 g/mol. The van der Waals surface area contributed by atoms with Crippen LogP contribution in [0, 0.1) is 0 Å². The van der Waals surface area contributed by atoms with Crippen molar-refractivity contribution in [1.29, 1.82) is 0 Å². The molecular formula is C18H22N2O6S2. The highest BCUT2D eigenvalue weighted by molar-refractivity contribution is 8.15. The molecule has 0 aromatic heterocycles. The standard InChI is InChI=1S/C18H22N2O6S2/c1-5-6-20-12-9-28(22,23)10-15(12)27-18(20)19-17(21)11-7-13(24-2)16(26-4)14(8-11)25-3/h5,7-8,12,15H,1,6,9-10H2,2-4H3/t12-,15-/m0/s1. The Hall–Kier alpha value is -2.20. The summed E-state index contributed by atoms with van der Waals surface area (Å²) in [5.41, 5.74) is 0.283. The maximum atomic E-state index is 12.8. The summed E-state index contributed by atoms with van der Waals surface area (Å²) >= 11 is 1.32. The molecule has 2 aliphatic heterocycles. The van der Waals surface area contributed by atoms with Crippen molar-refractivity contribution in [3.63, 3.8) is 0 Å². The number of fused-ring (bicyclic) bond motifs is 1. The first kappa shape index (κ1) is 20.5. The van der Waals surface area contributed by atoms with Crippen LogP contribution in [0.1, 0.15) is 10.4 Å². The van der Waals surface area contributed by atoms with E-state index in [1.54, 1.807) is 6.08 Å². The zero-order chi connectivity index (χ0) is 20.5. The number of hydrogen-bond donors (Lipinski definition) is 0. The van der Waals surface area contributed by atoms with Gasteiger partial charge in [-0.05, 0) is 12.1 Å². The van der Waals surface area contributed by atoms with Crippen molar-refractivity contribution < 1.29 is 27.4 Å². The fourth-order valence-corrected chi connectivity index (χ4v) is 7.30. The van der Waals surface area contributed by atoms with Crippen LogP contribution in [0.25, 0.3) is 0 Å². The Morgan fingerprint density at radius 3 is 2.43 bits per heavy atom. The Balaban J connectivity index is 1.93. The second-order valence-electron chi connectivity index (χ2n) is 6.36. The fourth-order valence-electron chi connectivity index (χ4n) is 3.34. The van der Waals surface area contributed by atoms with E-state index >= 15 is 0 Å². The first-order valence-electron chi connectivity index (χ1n) is 8.51. The maximum Gasteiger partial charge on any atom is 0.279 e. The predicted molar refractivity (Wildman–Crippen MR) is 109 cm³/mol. The minimum atomic E-state index is -3.07. The molecule has 2 saturated heterocycles. The average molecular weight is 427 g/mol. The van der Waals surface area contributed by atoms with Crippen molar-refractivity contribution >= 4 is 32.7 Å². The van der Waals surface area contributed by atoms with E-state index in [2.05, 4.69) is 11.6 Å². The number of aliphatic imine (C=N–C) groups is 1. The predicted octanol–water partition coefficient (Wildman–Crippen LogP) is 1.61. The number of rotatable bonds is 6. The number of methoxy groups -OCH3 is 3. The zero-order valence-corrected chi connectivity index (χ0v) is 17.5. The molecule has 10 heteroatoms. The number of sulfone groups is 1. The van der Waals surface area contributed by atoms with Crippen molar-refractivity contribution in [2.45, 2.75) is 11.3 Å². The molecule has 1 aromatic carbocycles. The van der Waals surface area contributed by atoms with E-state index in [0.29, 0.717) is 29.0 Å². The molecule has 3 rings (SSSR count). The van der Waals surface area contributed by atoms with Crippen LogP contribution in [-0.2, 0) is 9.84 Å². The molecule has 0 N–H and O–H groups in total. The minimum absolute atomic E-state index is 0.0654. The molecule has 8 nitrogen and oxygen atoms in total. The second kappa shape index (κ2) is 8.04. The number of benzene rings is 1. The number of carbonyl (C=O) groups excluding carboxylic acids is 1. The van der Waals surface area contributed by atoms with Crippen molar-refractivity contribution in [2.75, 3.05) is 39.4 Å². The average Bonchev–Trinajstić information content (AvgIpc) is 3.12. The van der Waals surface area contributed by atoms with Gasteiger partial charge in [-0.15, -0.1) is 6.58 Å². The van der Waals surface area contributed by atoms with Gasteiger partial charge >= 0.3 is 0 Å². The summed E-state index contributed by atoms with van der Waals surface area (Å²) < 4.78 is 39.7. The number of nitrogens with zero attached hydrogens (tertiary/aromatic N) is 2. The van der Waals surface area contributed by atoms with E-state index in [4.69, 9.17) is 14.2 Å².